The molecule has 0 radical (unpaired) electrons. The van der Waals surface area contributed by atoms with Crippen LogP contribution in [-0.2, 0) is 22.7 Å². The predicted octanol–water partition coefficient (Wildman–Crippen LogP) is 2.96. The summed E-state index contributed by atoms with van der Waals surface area (Å²) in [7, 11) is 0. The fourth-order valence-corrected chi connectivity index (χ4v) is 2.69. The van der Waals surface area contributed by atoms with Crippen molar-refractivity contribution in [1.82, 2.24) is 20.2 Å². The van der Waals surface area contributed by atoms with Crippen LogP contribution in [0.1, 0.15) is 36.2 Å². The van der Waals surface area contributed by atoms with Gasteiger partial charge in [0, 0.05) is 6.54 Å². The number of rotatable bonds is 7. The summed E-state index contributed by atoms with van der Waals surface area (Å²) in [5.41, 5.74) is 1.79. The monoisotopic (exact) mass is 336 g/mol. The number of tetrazole rings is 1. The van der Waals surface area contributed by atoms with Crippen LogP contribution in [-0.4, -0.2) is 26.2 Å². The van der Waals surface area contributed by atoms with Gasteiger partial charge in [0.2, 0.25) is 0 Å². The van der Waals surface area contributed by atoms with Crippen LogP contribution in [0.3, 0.4) is 0 Å². The Morgan fingerprint density at radius 3 is 2.20 bits per heavy atom. The zero-order chi connectivity index (χ0) is 17.5. The van der Waals surface area contributed by atoms with E-state index in [-0.39, 0.29) is 12.6 Å². The largest absolute Gasteiger partial charge is 0.457 e. The molecule has 0 saturated carbocycles. The molecule has 0 unspecified atom stereocenters. The lowest BCUT2D eigenvalue weighted by Gasteiger charge is -2.17. The highest BCUT2D eigenvalue weighted by Gasteiger charge is 2.24. The third kappa shape index (κ3) is 4.09. The van der Waals surface area contributed by atoms with Crippen LogP contribution in [0.15, 0.2) is 60.7 Å². The number of aromatic nitrogens is 4. The molecule has 1 aromatic heterocycles. The van der Waals surface area contributed by atoms with Gasteiger partial charge in [-0.25, -0.2) is 4.68 Å². The summed E-state index contributed by atoms with van der Waals surface area (Å²) >= 11 is 0. The summed E-state index contributed by atoms with van der Waals surface area (Å²) in [6, 6.07) is 19.2. The van der Waals surface area contributed by atoms with Crippen molar-refractivity contribution in [2.45, 2.75) is 32.4 Å². The molecule has 0 N–H and O–H groups in total. The van der Waals surface area contributed by atoms with Crippen LogP contribution in [0.25, 0.3) is 0 Å². The molecule has 6 heteroatoms. The SMILES string of the molecule is CCCn1nnnc1COC(=O)C(c1ccccc1)c1ccccc1. The zero-order valence-electron chi connectivity index (χ0n) is 14.1. The number of nitrogens with zero attached hydrogens (tertiary/aromatic N) is 4. The van der Waals surface area contributed by atoms with Crippen LogP contribution in [0.5, 0.6) is 0 Å². The Morgan fingerprint density at radius 2 is 1.64 bits per heavy atom. The quantitative estimate of drug-likeness (QED) is 0.620. The molecule has 0 spiro atoms. The van der Waals surface area contributed by atoms with E-state index in [0.29, 0.717) is 12.4 Å². The van der Waals surface area contributed by atoms with Crippen molar-refractivity contribution in [3.8, 4) is 0 Å². The van der Waals surface area contributed by atoms with E-state index in [4.69, 9.17) is 4.74 Å². The van der Waals surface area contributed by atoms with Crippen molar-refractivity contribution < 1.29 is 9.53 Å². The molecule has 0 amide bonds. The first kappa shape index (κ1) is 16.8. The van der Waals surface area contributed by atoms with Crippen LogP contribution in [0.4, 0.5) is 0 Å². The number of carbonyl (C=O) groups is 1. The van der Waals surface area contributed by atoms with E-state index in [0.717, 1.165) is 17.5 Å². The smallest absolute Gasteiger partial charge is 0.318 e. The third-order valence-corrected chi connectivity index (χ3v) is 3.89. The Bertz CT molecular complexity index is 763. The van der Waals surface area contributed by atoms with Gasteiger partial charge in [-0.2, -0.15) is 0 Å². The van der Waals surface area contributed by atoms with Crippen LogP contribution in [0, 0.1) is 0 Å². The maximum atomic E-state index is 12.8. The standard InChI is InChI=1S/C19H20N4O2/c1-2-13-23-17(20-21-22-23)14-25-19(24)18(15-9-5-3-6-10-15)16-11-7-4-8-12-16/h3-12,18H,2,13-14H2,1H3. The molecule has 0 aliphatic carbocycles. The molecule has 0 fully saturated rings. The van der Waals surface area contributed by atoms with Crippen molar-refractivity contribution in [2.75, 3.05) is 0 Å². The minimum Gasteiger partial charge on any atom is -0.457 e. The Balaban J connectivity index is 1.79. The molecule has 0 saturated heterocycles. The predicted molar refractivity (Wildman–Crippen MR) is 92.6 cm³/mol. The molecule has 25 heavy (non-hydrogen) atoms. The van der Waals surface area contributed by atoms with E-state index in [1.807, 2.05) is 67.6 Å². The first-order chi connectivity index (χ1) is 12.3. The van der Waals surface area contributed by atoms with E-state index in [2.05, 4.69) is 15.5 Å². The molecular weight excluding hydrogens is 316 g/mol. The van der Waals surface area contributed by atoms with Gasteiger partial charge in [0.25, 0.3) is 0 Å². The van der Waals surface area contributed by atoms with E-state index in [9.17, 15) is 4.79 Å². The normalized spacial score (nSPS) is 10.8. The molecule has 0 atom stereocenters. The number of benzene rings is 2. The second-order valence-corrected chi connectivity index (χ2v) is 5.68. The zero-order valence-corrected chi connectivity index (χ0v) is 14.1. The number of hydrogen-bond donors (Lipinski definition) is 0. The lowest BCUT2D eigenvalue weighted by molar-refractivity contribution is -0.146. The van der Waals surface area contributed by atoms with Crippen molar-refractivity contribution in [1.29, 1.82) is 0 Å². The number of carbonyl (C=O) groups excluding carboxylic acids is 1. The topological polar surface area (TPSA) is 69.9 Å². The summed E-state index contributed by atoms with van der Waals surface area (Å²) in [6.07, 6.45) is 0.905. The minimum absolute atomic E-state index is 0.0575. The third-order valence-electron chi connectivity index (χ3n) is 3.89. The van der Waals surface area contributed by atoms with Gasteiger partial charge in [-0.05, 0) is 28.0 Å². The molecule has 6 nitrogen and oxygen atoms in total. The Morgan fingerprint density at radius 1 is 1.04 bits per heavy atom. The summed E-state index contributed by atoms with van der Waals surface area (Å²) in [4.78, 5) is 12.8. The number of ether oxygens (including phenoxy) is 1. The minimum atomic E-state index is -0.474. The fraction of sp³-hybridized carbons (Fsp3) is 0.263. The van der Waals surface area contributed by atoms with E-state index < -0.39 is 5.92 Å². The first-order valence-electron chi connectivity index (χ1n) is 8.31. The van der Waals surface area contributed by atoms with Gasteiger partial charge in [0.05, 0.1) is 0 Å². The highest BCUT2D eigenvalue weighted by Crippen LogP contribution is 2.26. The molecule has 0 bridgehead atoms. The number of esters is 1. The lowest BCUT2D eigenvalue weighted by Crippen LogP contribution is -2.18. The van der Waals surface area contributed by atoms with Crippen LogP contribution in [0.2, 0.25) is 0 Å². The van der Waals surface area contributed by atoms with Crippen molar-refractivity contribution in [3.05, 3.63) is 77.6 Å². The van der Waals surface area contributed by atoms with Crippen molar-refractivity contribution >= 4 is 5.97 Å². The second kappa shape index (κ2) is 8.19. The summed E-state index contributed by atoms with van der Waals surface area (Å²) in [5, 5.41) is 11.5. The summed E-state index contributed by atoms with van der Waals surface area (Å²) in [5.74, 6) is -0.239. The van der Waals surface area contributed by atoms with Crippen molar-refractivity contribution in [3.63, 3.8) is 0 Å². The number of aryl methyl sites for hydroxylation is 1. The van der Waals surface area contributed by atoms with Gasteiger partial charge in [0.1, 0.15) is 5.92 Å². The van der Waals surface area contributed by atoms with Crippen molar-refractivity contribution in [2.24, 2.45) is 0 Å². The molecule has 3 rings (SSSR count). The van der Waals surface area contributed by atoms with Crippen LogP contribution >= 0.6 is 0 Å². The fourth-order valence-electron chi connectivity index (χ4n) is 2.69. The van der Waals surface area contributed by atoms with Gasteiger partial charge in [-0.15, -0.1) is 5.10 Å². The first-order valence-corrected chi connectivity index (χ1v) is 8.31. The highest BCUT2D eigenvalue weighted by molar-refractivity contribution is 5.82. The van der Waals surface area contributed by atoms with E-state index in [1.54, 1.807) is 4.68 Å². The van der Waals surface area contributed by atoms with Gasteiger partial charge in [0.15, 0.2) is 12.4 Å². The molecule has 128 valence electrons. The Kier molecular flexibility index (Phi) is 5.51. The summed E-state index contributed by atoms with van der Waals surface area (Å²) < 4.78 is 7.20. The van der Waals surface area contributed by atoms with E-state index in [1.165, 1.54) is 0 Å². The Labute approximate surface area is 146 Å². The highest BCUT2D eigenvalue weighted by atomic mass is 16.5. The molecular formula is C19H20N4O2. The van der Waals surface area contributed by atoms with Gasteiger partial charge < -0.3 is 4.74 Å². The van der Waals surface area contributed by atoms with Crippen LogP contribution < -0.4 is 0 Å². The van der Waals surface area contributed by atoms with Gasteiger partial charge in [-0.3, -0.25) is 4.79 Å². The lowest BCUT2D eigenvalue weighted by atomic mass is 9.91. The average molecular weight is 336 g/mol. The summed E-state index contributed by atoms with van der Waals surface area (Å²) in [6.45, 7) is 2.79. The molecule has 3 aromatic rings. The number of hydrogen-bond acceptors (Lipinski definition) is 5. The van der Waals surface area contributed by atoms with E-state index >= 15 is 0 Å². The van der Waals surface area contributed by atoms with Gasteiger partial charge in [-0.1, -0.05) is 67.6 Å². The Hall–Kier alpha value is -3.02. The molecule has 0 aliphatic heterocycles. The second-order valence-electron chi connectivity index (χ2n) is 5.68. The maximum absolute atomic E-state index is 12.8. The molecule has 1 heterocycles. The maximum Gasteiger partial charge on any atom is 0.318 e. The molecule has 0 aliphatic rings. The van der Waals surface area contributed by atoms with Gasteiger partial charge >= 0.3 is 5.97 Å². The average Bonchev–Trinajstić information content (AvgIpc) is 3.10. The molecule has 2 aromatic carbocycles.